The van der Waals surface area contributed by atoms with E-state index in [0.29, 0.717) is 6.42 Å². The van der Waals surface area contributed by atoms with Crippen LogP contribution in [0, 0.1) is 0 Å². The minimum atomic E-state index is -0.0452. The molecular weight excluding hydrogens is 184 g/mol. The van der Waals surface area contributed by atoms with Crippen molar-refractivity contribution in [3.8, 4) is 0 Å². The number of rotatable bonds is 1. The van der Waals surface area contributed by atoms with Gasteiger partial charge in [-0.2, -0.15) is 0 Å². The summed E-state index contributed by atoms with van der Waals surface area (Å²) in [6.07, 6.45) is 0.471. The van der Waals surface area contributed by atoms with Crippen molar-refractivity contribution in [2.75, 3.05) is 7.05 Å². The van der Waals surface area contributed by atoms with Crippen molar-refractivity contribution in [1.82, 2.24) is 4.90 Å². The van der Waals surface area contributed by atoms with Gasteiger partial charge in [0.25, 0.3) is 0 Å². The summed E-state index contributed by atoms with van der Waals surface area (Å²) in [5.41, 5.74) is 5.90. The van der Waals surface area contributed by atoms with Crippen molar-refractivity contribution in [3.05, 3.63) is 22.4 Å². The van der Waals surface area contributed by atoms with E-state index < -0.39 is 0 Å². The fraction of sp³-hybridized carbons (Fsp3) is 0.444. The van der Waals surface area contributed by atoms with E-state index in [9.17, 15) is 4.79 Å². The van der Waals surface area contributed by atoms with E-state index in [1.54, 1.807) is 16.2 Å². The summed E-state index contributed by atoms with van der Waals surface area (Å²) in [7, 11) is 1.82. The number of nitrogens with two attached hydrogens (primary N) is 1. The van der Waals surface area contributed by atoms with Gasteiger partial charge in [0.2, 0.25) is 5.91 Å². The van der Waals surface area contributed by atoms with Crippen LogP contribution >= 0.6 is 11.3 Å². The minimum Gasteiger partial charge on any atom is -0.336 e. The number of amides is 1. The highest BCUT2D eigenvalue weighted by atomic mass is 32.1. The molecule has 2 heterocycles. The smallest absolute Gasteiger partial charge is 0.224 e. The maximum Gasteiger partial charge on any atom is 0.224 e. The van der Waals surface area contributed by atoms with Crippen LogP contribution in [0.3, 0.4) is 0 Å². The molecule has 1 amide bonds. The van der Waals surface area contributed by atoms with Gasteiger partial charge in [0.05, 0.1) is 6.04 Å². The van der Waals surface area contributed by atoms with Crippen LogP contribution in [0.5, 0.6) is 0 Å². The number of thiophene rings is 1. The van der Waals surface area contributed by atoms with Crippen LogP contribution in [-0.4, -0.2) is 23.9 Å². The molecule has 2 atom stereocenters. The highest BCUT2D eigenvalue weighted by Gasteiger charge is 2.36. The minimum absolute atomic E-state index is 0.0452. The molecule has 2 rings (SSSR count). The Hall–Kier alpha value is -0.870. The molecule has 1 fully saturated rings. The molecule has 1 aliphatic rings. The Kier molecular flexibility index (Phi) is 2.09. The largest absolute Gasteiger partial charge is 0.336 e. The van der Waals surface area contributed by atoms with Gasteiger partial charge >= 0.3 is 0 Å². The van der Waals surface area contributed by atoms with Gasteiger partial charge in [-0.3, -0.25) is 4.79 Å². The molecule has 0 bridgehead atoms. The molecule has 13 heavy (non-hydrogen) atoms. The van der Waals surface area contributed by atoms with Crippen molar-refractivity contribution < 1.29 is 4.79 Å². The summed E-state index contributed by atoms with van der Waals surface area (Å²) < 4.78 is 0. The van der Waals surface area contributed by atoms with E-state index >= 15 is 0 Å². The van der Waals surface area contributed by atoms with Crippen molar-refractivity contribution in [1.29, 1.82) is 0 Å². The molecule has 0 radical (unpaired) electrons. The van der Waals surface area contributed by atoms with Crippen LogP contribution in [-0.2, 0) is 4.79 Å². The highest BCUT2D eigenvalue weighted by Crippen LogP contribution is 2.32. The average Bonchev–Trinajstić information content (AvgIpc) is 2.63. The van der Waals surface area contributed by atoms with Gasteiger partial charge in [-0.05, 0) is 11.4 Å². The molecule has 1 aromatic heterocycles. The molecule has 1 saturated heterocycles. The standard InChI is InChI=1S/C9H12N2OS/c1-11-8(12)5-6(10)9(11)7-3-2-4-13-7/h2-4,6,9H,5,10H2,1H3/t6-,9-/m0/s1. The molecule has 1 aromatic rings. The summed E-state index contributed by atoms with van der Waals surface area (Å²) in [4.78, 5) is 14.3. The van der Waals surface area contributed by atoms with E-state index in [1.165, 1.54) is 4.88 Å². The molecule has 0 unspecified atom stereocenters. The number of hydrogen-bond acceptors (Lipinski definition) is 3. The molecule has 0 spiro atoms. The van der Waals surface area contributed by atoms with Gasteiger partial charge in [0.15, 0.2) is 0 Å². The summed E-state index contributed by atoms with van der Waals surface area (Å²) in [5, 5.41) is 2.01. The molecule has 0 aromatic carbocycles. The normalized spacial score (nSPS) is 28.5. The predicted octanol–water partition coefficient (Wildman–Crippen LogP) is 0.979. The van der Waals surface area contributed by atoms with E-state index in [2.05, 4.69) is 0 Å². The first kappa shape index (κ1) is 8.72. The lowest BCUT2D eigenvalue weighted by Gasteiger charge is -2.21. The molecule has 0 saturated carbocycles. The zero-order valence-corrected chi connectivity index (χ0v) is 8.25. The Bertz CT molecular complexity index is 309. The average molecular weight is 196 g/mol. The second kappa shape index (κ2) is 3.12. The van der Waals surface area contributed by atoms with Crippen molar-refractivity contribution in [2.45, 2.75) is 18.5 Å². The van der Waals surface area contributed by atoms with Gasteiger partial charge in [0, 0.05) is 24.4 Å². The second-order valence-corrected chi connectivity index (χ2v) is 4.31. The molecular formula is C9H12N2OS. The fourth-order valence-electron chi connectivity index (χ4n) is 1.76. The monoisotopic (exact) mass is 196 g/mol. The molecule has 1 aliphatic heterocycles. The van der Waals surface area contributed by atoms with Crippen LogP contribution in [0.4, 0.5) is 0 Å². The predicted molar refractivity (Wildman–Crippen MR) is 52.4 cm³/mol. The van der Waals surface area contributed by atoms with Crippen LogP contribution in [0.25, 0.3) is 0 Å². The van der Waals surface area contributed by atoms with Crippen molar-refractivity contribution >= 4 is 17.2 Å². The lowest BCUT2D eigenvalue weighted by molar-refractivity contribution is -0.127. The Morgan fingerprint density at radius 1 is 1.69 bits per heavy atom. The number of nitrogens with zero attached hydrogens (tertiary/aromatic N) is 1. The van der Waals surface area contributed by atoms with E-state index in [0.717, 1.165) is 0 Å². The van der Waals surface area contributed by atoms with Gasteiger partial charge in [-0.25, -0.2) is 0 Å². The van der Waals surface area contributed by atoms with Crippen LogP contribution in [0.15, 0.2) is 17.5 Å². The Morgan fingerprint density at radius 3 is 2.92 bits per heavy atom. The van der Waals surface area contributed by atoms with Gasteiger partial charge in [-0.15, -0.1) is 11.3 Å². The van der Waals surface area contributed by atoms with Gasteiger partial charge < -0.3 is 10.6 Å². The Balaban J connectivity index is 2.29. The van der Waals surface area contributed by atoms with Crippen LogP contribution < -0.4 is 5.73 Å². The molecule has 70 valence electrons. The summed E-state index contributed by atoms with van der Waals surface area (Å²) in [6.45, 7) is 0. The highest BCUT2D eigenvalue weighted by molar-refractivity contribution is 7.10. The lowest BCUT2D eigenvalue weighted by Crippen LogP contribution is -2.29. The summed E-state index contributed by atoms with van der Waals surface area (Å²) >= 11 is 1.66. The number of likely N-dealkylation sites (tertiary alicyclic amines) is 1. The van der Waals surface area contributed by atoms with Gasteiger partial charge in [-0.1, -0.05) is 6.07 Å². The van der Waals surface area contributed by atoms with Crippen molar-refractivity contribution in [2.24, 2.45) is 5.73 Å². The lowest BCUT2D eigenvalue weighted by atomic mass is 10.1. The number of likely N-dealkylation sites (N-methyl/N-ethyl adjacent to an activating group) is 1. The zero-order valence-electron chi connectivity index (χ0n) is 7.43. The third-order valence-corrected chi connectivity index (χ3v) is 3.40. The molecule has 2 N–H and O–H groups in total. The number of hydrogen-bond donors (Lipinski definition) is 1. The maximum atomic E-state index is 11.3. The second-order valence-electron chi connectivity index (χ2n) is 3.33. The first-order chi connectivity index (χ1) is 6.20. The summed E-state index contributed by atoms with van der Waals surface area (Å²) in [5.74, 6) is 0.144. The molecule has 0 aliphatic carbocycles. The Morgan fingerprint density at radius 2 is 2.46 bits per heavy atom. The van der Waals surface area contributed by atoms with E-state index in [4.69, 9.17) is 5.73 Å². The molecule has 3 nitrogen and oxygen atoms in total. The number of carbonyl (C=O) groups excluding carboxylic acids is 1. The Labute approximate surface area is 81.2 Å². The quantitative estimate of drug-likeness (QED) is 0.727. The van der Waals surface area contributed by atoms with Crippen LogP contribution in [0.1, 0.15) is 17.3 Å². The van der Waals surface area contributed by atoms with Gasteiger partial charge in [0.1, 0.15) is 0 Å². The summed E-state index contributed by atoms with van der Waals surface area (Å²) in [6, 6.07) is 4.07. The third-order valence-electron chi connectivity index (χ3n) is 2.46. The third kappa shape index (κ3) is 1.36. The van der Waals surface area contributed by atoms with Crippen molar-refractivity contribution in [3.63, 3.8) is 0 Å². The zero-order chi connectivity index (χ0) is 9.42. The first-order valence-electron chi connectivity index (χ1n) is 4.25. The maximum absolute atomic E-state index is 11.3. The molecule has 4 heteroatoms. The topological polar surface area (TPSA) is 46.3 Å². The first-order valence-corrected chi connectivity index (χ1v) is 5.13. The SMILES string of the molecule is CN1C(=O)C[C@H](N)[C@H]1c1cccs1. The number of carbonyl (C=O) groups is 1. The fourth-order valence-corrected chi connectivity index (χ4v) is 2.70. The van der Waals surface area contributed by atoms with E-state index in [1.807, 2.05) is 24.6 Å². The van der Waals surface area contributed by atoms with E-state index in [-0.39, 0.29) is 18.0 Å². The van der Waals surface area contributed by atoms with Crippen LogP contribution in [0.2, 0.25) is 0 Å².